The van der Waals surface area contributed by atoms with Crippen LogP contribution in [0, 0.1) is 5.82 Å². The smallest absolute Gasteiger partial charge is 0.254 e. The predicted octanol–water partition coefficient (Wildman–Crippen LogP) is 7.63. The van der Waals surface area contributed by atoms with E-state index in [2.05, 4.69) is 58.0 Å². The number of rotatable bonds is 5. The molecule has 5 nitrogen and oxygen atoms in total. The topological polar surface area (TPSA) is 40.9 Å². The molecule has 1 fully saturated rings. The number of hydrogen-bond acceptors (Lipinski definition) is 4. The summed E-state index contributed by atoms with van der Waals surface area (Å²) in [6.45, 7) is 3.26. The van der Waals surface area contributed by atoms with Crippen LogP contribution in [0.3, 0.4) is 0 Å². The first-order valence-corrected chi connectivity index (χ1v) is 14.7. The average Bonchev–Trinajstić information content (AvgIpc) is 3.59. The van der Waals surface area contributed by atoms with Crippen molar-refractivity contribution in [3.8, 4) is 21.7 Å². The van der Waals surface area contributed by atoms with Crippen LogP contribution in [0.5, 0.6) is 0 Å². The fourth-order valence-corrected chi connectivity index (χ4v) is 6.66. The molecule has 0 N–H and O–H groups in total. The lowest BCUT2D eigenvalue weighted by atomic mass is 10.1. The fraction of sp³-hybridized carbons (Fsp3) is 0.152. The van der Waals surface area contributed by atoms with Gasteiger partial charge in [0.2, 0.25) is 0 Å². The van der Waals surface area contributed by atoms with Crippen LogP contribution in [-0.2, 0) is 6.54 Å². The Morgan fingerprint density at radius 3 is 2.44 bits per heavy atom. The quantitative estimate of drug-likeness (QED) is 0.210. The third-order valence-corrected chi connectivity index (χ3v) is 9.07. The molecule has 0 bridgehead atoms. The lowest BCUT2D eigenvalue weighted by Crippen LogP contribution is -2.48. The first-order valence-electron chi connectivity index (χ1n) is 13.5. The number of fused-ring (bicyclic) bond motifs is 2. The van der Waals surface area contributed by atoms with Crippen molar-refractivity contribution in [2.24, 2.45) is 0 Å². The van der Waals surface area contributed by atoms with Gasteiger partial charge < -0.3 is 9.30 Å². The molecule has 1 aliphatic heterocycles. The second kappa shape index (κ2) is 10.7. The number of imidazole rings is 1. The van der Waals surface area contributed by atoms with Gasteiger partial charge in [0, 0.05) is 70.2 Å². The first-order chi connectivity index (χ1) is 20.0. The van der Waals surface area contributed by atoms with Gasteiger partial charge in [-0.25, -0.2) is 9.37 Å². The summed E-state index contributed by atoms with van der Waals surface area (Å²) in [4.78, 5) is 23.4. The molecule has 0 aliphatic carbocycles. The Labute approximate surface area is 246 Å². The summed E-state index contributed by atoms with van der Waals surface area (Å²) in [7, 11) is 0. The lowest BCUT2D eigenvalue weighted by molar-refractivity contribution is 0.0626. The Bertz CT molecular complexity index is 1860. The maximum Gasteiger partial charge on any atom is 0.254 e. The van der Waals surface area contributed by atoms with Gasteiger partial charge in [-0.1, -0.05) is 48.0 Å². The minimum absolute atomic E-state index is 0.131. The number of halogens is 2. The number of thiophene rings is 1. The van der Waals surface area contributed by atoms with E-state index < -0.39 is 5.82 Å². The molecular formula is C33H26ClFN4OS. The third-order valence-electron chi connectivity index (χ3n) is 7.65. The maximum atomic E-state index is 13.7. The van der Waals surface area contributed by atoms with Gasteiger partial charge in [0.1, 0.15) is 11.5 Å². The van der Waals surface area contributed by atoms with Crippen LogP contribution in [0.2, 0.25) is 5.02 Å². The minimum atomic E-state index is -0.396. The van der Waals surface area contributed by atoms with Crippen molar-refractivity contribution in [2.45, 2.75) is 6.54 Å². The van der Waals surface area contributed by atoms with Gasteiger partial charge in [-0.05, 0) is 60.0 Å². The van der Waals surface area contributed by atoms with Crippen LogP contribution < -0.4 is 0 Å². The van der Waals surface area contributed by atoms with Crippen molar-refractivity contribution < 1.29 is 9.18 Å². The summed E-state index contributed by atoms with van der Waals surface area (Å²) in [5.74, 6) is -0.527. The van der Waals surface area contributed by atoms with E-state index in [0.29, 0.717) is 43.3 Å². The van der Waals surface area contributed by atoms with Gasteiger partial charge >= 0.3 is 0 Å². The van der Waals surface area contributed by atoms with Gasteiger partial charge in [-0.2, -0.15) is 0 Å². The maximum absolute atomic E-state index is 13.7. The molecule has 6 aromatic rings. The molecule has 0 radical (unpaired) electrons. The second-order valence-electron chi connectivity index (χ2n) is 10.3. The largest absolute Gasteiger partial charge is 0.336 e. The van der Waals surface area contributed by atoms with Crippen molar-refractivity contribution in [3.63, 3.8) is 0 Å². The van der Waals surface area contributed by atoms with Crippen molar-refractivity contribution >= 4 is 44.6 Å². The van der Waals surface area contributed by atoms with Crippen molar-refractivity contribution in [1.82, 2.24) is 19.2 Å². The molecule has 8 heteroatoms. The zero-order valence-corrected chi connectivity index (χ0v) is 23.7. The van der Waals surface area contributed by atoms with Gasteiger partial charge in [0.25, 0.3) is 5.91 Å². The first kappa shape index (κ1) is 25.9. The van der Waals surface area contributed by atoms with Crippen LogP contribution in [0.1, 0.15) is 16.1 Å². The van der Waals surface area contributed by atoms with Gasteiger partial charge in [-0.3, -0.25) is 9.69 Å². The number of carbonyl (C=O) groups is 1. The molecule has 1 saturated heterocycles. The number of benzene rings is 3. The molecule has 1 amide bonds. The predicted molar refractivity (Wildman–Crippen MR) is 164 cm³/mol. The normalized spacial score (nSPS) is 14.2. The molecule has 1 aliphatic rings. The van der Waals surface area contributed by atoms with Crippen LogP contribution >= 0.6 is 22.9 Å². The Kier molecular flexibility index (Phi) is 6.79. The van der Waals surface area contributed by atoms with E-state index in [9.17, 15) is 9.18 Å². The molecule has 0 unspecified atom stereocenters. The second-order valence-corrected chi connectivity index (χ2v) is 11.8. The highest BCUT2D eigenvalue weighted by atomic mass is 35.5. The van der Waals surface area contributed by atoms with E-state index in [0.717, 1.165) is 28.2 Å². The van der Waals surface area contributed by atoms with Crippen molar-refractivity contribution in [1.29, 1.82) is 0 Å². The summed E-state index contributed by atoms with van der Waals surface area (Å²) in [5, 5.41) is 1.93. The molecule has 3 aromatic carbocycles. The summed E-state index contributed by atoms with van der Waals surface area (Å²) in [6, 6.07) is 28.6. The number of aromatic nitrogens is 2. The highest BCUT2D eigenvalue weighted by molar-refractivity contribution is 7.22. The van der Waals surface area contributed by atoms with E-state index in [1.807, 2.05) is 24.3 Å². The van der Waals surface area contributed by atoms with Crippen LogP contribution in [0.25, 0.3) is 37.4 Å². The van der Waals surface area contributed by atoms with Gasteiger partial charge in [-0.15, -0.1) is 11.3 Å². The van der Waals surface area contributed by atoms with Gasteiger partial charge in [0.05, 0.1) is 11.4 Å². The molecule has 0 atom stereocenters. The molecule has 204 valence electrons. The van der Waals surface area contributed by atoms with E-state index >= 15 is 0 Å². The molecule has 4 heterocycles. The van der Waals surface area contributed by atoms with E-state index in [1.165, 1.54) is 27.1 Å². The zero-order valence-electron chi connectivity index (χ0n) is 22.1. The number of piperazine rings is 1. The van der Waals surface area contributed by atoms with E-state index in [-0.39, 0.29) is 5.91 Å². The SMILES string of the molecule is O=C(c1cccc(F)c1)N1CCN(Cc2c(-c3ccc(Cl)cc3)nc3ccc(-c4cc5ccccc5s4)cn23)CC1. The van der Waals surface area contributed by atoms with Crippen molar-refractivity contribution in [2.75, 3.05) is 26.2 Å². The summed E-state index contributed by atoms with van der Waals surface area (Å²) in [6.07, 6.45) is 2.19. The highest BCUT2D eigenvalue weighted by Gasteiger charge is 2.25. The molecule has 41 heavy (non-hydrogen) atoms. The Balaban J connectivity index is 1.20. The average molecular weight is 581 g/mol. The Morgan fingerprint density at radius 2 is 1.66 bits per heavy atom. The molecule has 0 spiro atoms. The number of carbonyl (C=O) groups excluding carboxylic acids is 1. The molecule has 0 saturated carbocycles. The monoisotopic (exact) mass is 580 g/mol. The highest BCUT2D eigenvalue weighted by Crippen LogP contribution is 2.35. The Hall–Kier alpha value is -4.04. The molecular weight excluding hydrogens is 555 g/mol. The third kappa shape index (κ3) is 5.12. The standard InChI is InChI=1S/C33H26ClFN4OS/c34-26-11-8-22(9-12-26)32-28(21-37-14-16-38(17-15-37)33(40)24-5-3-6-27(35)18-24)39-20-25(10-13-31(39)36-32)30-19-23-4-1-2-7-29(23)41-30/h1-13,18-20H,14-17,21H2. The van der Waals surface area contributed by atoms with E-state index in [1.54, 1.807) is 28.4 Å². The number of pyridine rings is 1. The van der Waals surface area contributed by atoms with Gasteiger partial charge in [0.15, 0.2) is 0 Å². The fourth-order valence-electron chi connectivity index (χ4n) is 5.48. The lowest BCUT2D eigenvalue weighted by Gasteiger charge is -2.34. The van der Waals surface area contributed by atoms with E-state index in [4.69, 9.17) is 16.6 Å². The number of amides is 1. The summed E-state index contributed by atoms with van der Waals surface area (Å²) >= 11 is 7.99. The molecule has 7 rings (SSSR count). The Morgan fingerprint density at radius 1 is 0.878 bits per heavy atom. The van der Waals surface area contributed by atoms with Crippen LogP contribution in [0.4, 0.5) is 4.39 Å². The summed E-state index contributed by atoms with van der Waals surface area (Å²) < 4.78 is 17.2. The number of nitrogens with zero attached hydrogens (tertiary/aromatic N) is 4. The summed E-state index contributed by atoms with van der Waals surface area (Å²) in [5.41, 5.74) is 5.44. The zero-order chi connectivity index (χ0) is 27.9. The van der Waals surface area contributed by atoms with Crippen LogP contribution in [0.15, 0.2) is 97.2 Å². The van der Waals surface area contributed by atoms with Crippen molar-refractivity contribution in [3.05, 3.63) is 119 Å². The molecule has 3 aromatic heterocycles. The minimum Gasteiger partial charge on any atom is -0.336 e. The van der Waals surface area contributed by atoms with Crippen LogP contribution in [-0.4, -0.2) is 51.3 Å². The number of hydrogen-bond donors (Lipinski definition) is 0.